The van der Waals surface area contributed by atoms with E-state index in [0.29, 0.717) is 19.7 Å². The highest BCUT2D eigenvalue weighted by atomic mass is 127. The van der Waals surface area contributed by atoms with Gasteiger partial charge in [0.1, 0.15) is 12.7 Å². The number of nitrogens with zero attached hydrogens (tertiary/aromatic N) is 4. The molecule has 2 aromatic rings. The Hall–Kier alpha value is -1.72. The van der Waals surface area contributed by atoms with Crippen LogP contribution in [0.4, 0.5) is 0 Å². The van der Waals surface area contributed by atoms with Gasteiger partial charge in [0.25, 0.3) is 0 Å². The molecule has 8 nitrogen and oxygen atoms in total. The Kier molecular flexibility index (Phi) is 9.82. The summed E-state index contributed by atoms with van der Waals surface area (Å²) in [5.41, 5.74) is 2.30. The van der Waals surface area contributed by atoms with Gasteiger partial charge in [0.05, 0.1) is 19.7 Å². The summed E-state index contributed by atoms with van der Waals surface area (Å²) in [6.07, 6.45) is 4.96. The number of hydrogen-bond acceptors (Lipinski definition) is 5. The lowest BCUT2D eigenvalue weighted by molar-refractivity contribution is 0.127. The zero-order chi connectivity index (χ0) is 19.7. The summed E-state index contributed by atoms with van der Waals surface area (Å²) in [4.78, 5) is 8.71. The molecule has 3 N–H and O–H groups in total. The van der Waals surface area contributed by atoms with Crippen molar-refractivity contribution < 1.29 is 9.84 Å². The number of ether oxygens (including phenoxy) is 1. The van der Waals surface area contributed by atoms with Crippen molar-refractivity contribution in [2.75, 3.05) is 32.9 Å². The van der Waals surface area contributed by atoms with Gasteiger partial charge in [-0.15, -0.1) is 24.0 Å². The average Bonchev–Trinajstić information content (AvgIpc) is 3.37. The van der Waals surface area contributed by atoms with Crippen molar-refractivity contribution in [2.45, 2.75) is 32.9 Å². The summed E-state index contributed by atoms with van der Waals surface area (Å²) < 4.78 is 7.37. The highest BCUT2D eigenvalue weighted by Gasteiger charge is 2.34. The molecule has 1 aromatic heterocycles. The van der Waals surface area contributed by atoms with E-state index >= 15 is 0 Å². The molecule has 0 amide bonds. The minimum Gasteiger partial charge on any atom is -0.396 e. The maximum atomic E-state index is 9.39. The Balaban J connectivity index is 0.00000300. The minimum atomic E-state index is -0.0113. The van der Waals surface area contributed by atoms with Gasteiger partial charge in [-0.05, 0) is 30.9 Å². The van der Waals surface area contributed by atoms with E-state index in [0.717, 1.165) is 44.1 Å². The Morgan fingerprint density at radius 1 is 1.34 bits per heavy atom. The lowest BCUT2D eigenvalue weighted by Crippen LogP contribution is -2.44. The van der Waals surface area contributed by atoms with Crippen LogP contribution in [0.25, 0.3) is 0 Å². The van der Waals surface area contributed by atoms with Crippen molar-refractivity contribution >= 4 is 29.9 Å². The highest BCUT2D eigenvalue weighted by Crippen LogP contribution is 2.31. The number of benzene rings is 1. The predicted molar refractivity (Wildman–Crippen MR) is 123 cm³/mol. The van der Waals surface area contributed by atoms with Gasteiger partial charge in [0.15, 0.2) is 5.96 Å². The van der Waals surface area contributed by atoms with Crippen molar-refractivity contribution in [1.82, 2.24) is 25.4 Å². The second kappa shape index (κ2) is 12.1. The summed E-state index contributed by atoms with van der Waals surface area (Å²) in [5, 5.41) is 20.3. The Bertz CT molecular complexity index is 747. The molecule has 0 spiro atoms. The lowest BCUT2D eigenvalue weighted by Gasteiger charge is -2.27. The smallest absolute Gasteiger partial charge is 0.191 e. The molecule has 0 radical (unpaired) electrons. The summed E-state index contributed by atoms with van der Waals surface area (Å²) in [7, 11) is 0. The van der Waals surface area contributed by atoms with Crippen molar-refractivity contribution in [2.24, 2.45) is 10.4 Å². The summed E-state index contributed by atoms with van der Waals surface area (Å²) in [6, 6.07) is 8.35. The fraction of sp³-hybridized carbons (Fsp3) is 0.550. The topological polar surface area (TPSA) is 96.6 Å². The first-order valence-corrected chi connectivity index (χ1v) is 9.84. The van der Waals surface area contributed by atoms with E-state index in [4.69, 9.17) is 9.73 Å². The maximum Gasteiger partial charge on any atom is 0.191 e. The van der Waals surface area contributed by atoms with Crippen LogP contribution in [-0.2, 0) is 17.8 Å². The van der Waals surface area contributed by atoms with E-state index < -0.39 is 0 Å². The fourth-order valence-corrected chi connectivity index (χ4v) is 3.42. The number of aliphatic imine (C=N–C) groups is 1. The van der Waals surface area contributed by atoms with Crippen LogP contribution in [0.5, 0.6) is 0 Å². The molecular weight excluding hydrogens is 483 g/mol. The molecule has 1 aliphatic heterocycles. The van der Waals surface area contributed by atoms with Crippen LogP contribution in [0.15, 0.2) is 41.9 Å². The van der Waals surface area contributed by atoms with Crippen molar-refractivity contribution in [3.63, 3.8) is 0 Å². The van der Waals surface area contributed by atoms with Crippen LogP contribution in [0, 0.1) is 5.41 Å². The van der Waals surface area contributed by atoms with E-state index in [9.17, 15) is 5.11 Å². The number of hydrogen-bond donors (Lipinski definition) is 3. The van der Waals surface area contributed by atoms with Crippen molar-refractivity contribution in [3.05, 3.63) is 48.0 Å². The van der Waals surface area contributed by atoms with Gasteiger partial charge < -0.3 is 20.5 Å². The van der Waals surface area contributed by atoms with Gasteiger partial charge in [0.2, 0.25) is 0 Å². The summed E-state index contributed by atoms with van der Waals surface area (Å²) in [5.74, 6) is 0.786. The molecule has 1 unspecified atom stereocenters. The second-order valence-corrected chi connectivity index (χ2v) is 7.24. The molecule has 1 saturated heterocycles. The first-order valence-electron chi connectivity index (χ1n) is 9.84. The Morgan fingerprint density at radius 2 is 2.21 bits per heavy atom. The number of guanidine groups is 1. The molecule has 1 atom stereocenters. The molecule has 9 heteroatoms. The Morgan fingerprint density at radius 3 is 2.90 bits per heavy atom. The van der Waals surface area contributed by atoms with Crippen LogP contribution < -0.4 is 10.6 Å². The summed E-state index contributed by atoms with van der Waals surface area (Å²) in [6.45, 7) is 6.49. The molecule has 0 saturated carbocycles. The van der Waals surface area contributed by atoms with Crippen molar-refractivity contribution in [3.8, 4) is 0 Å². The number of aliphatic hydroxyl groups excluding tert-OH is 1. The molecule has 1 fully saturated rings. The predicted octanol–water partition coefficient (Wildman–Crippen LogP) is 1.79. The normalized spacial score (nSPS) is 19.0. The second-order valence-electron chi connectivity index (χ2n) is 7.24. The zero-order valence-electron chi connectivity index (χ0n) is 16.9. The van der Waals surface area contributed by atoms with Crippen LogP contribution >= 0.6 is 24.0 Å². The molecule has 160 valence electrons. The SMILES string of the molecule is CCNC(=NCc1cccc(Cn2cncn2)c1)NCC1(CCO)CCOC1.I. The van der Waals surface area contributed by atoms with Gasteiger partial charge in [-0.25, -0.2) is 14.7 Å². The fourth-order valence-electron chi connectivity index (χ4n) is 3.42. The lowest BCUT2D eigenvalue weighted by atomic mass is 9.84. The summed E-state index contributed by atoms with van der Waals surface area (Å²) >= 11 is 0. The Labute approximate surface area is 189 Å². The number of aliphatic hydroxyl groups is 1. The largest absolute Gasteiger partial charge is 0.396 e. The quantitative estimate of drug-likeness (QED) is 0.268. The van der Waals surface area contributed by atoms with Crippen LogP contribution in [-0.4, -0.2) is 58.7 Å². The van der Waals surface area contributed by atoms with Crippen LogP contribution in [0.1, 0.15) is 30.9 Å². The van der Waals surface area contributed by atoms with Gasteiger partial charge in [-0.3, -0.25) is 0 Å². The molecule has 1 aliphatic rings. The first kappa shape index (κ1) is 23.6. The first-order chi connectivity index (χ1) is 13.7. The standard InChI is InChI=1S/C20H30N6O2.HI/c1-2-22-19(24-13-20(6-8-27)7-9-28-14-20)23-11-17-4-3-5-18(10-17)12-26-16-21-15-25-26;/h3-5,10,15-16,27H,2,6-9,11-14H2,1H3,(H2,22,23,24);1H. The minimum absolute atomic E-state index is 0. The third-order valence-corrected chi connectivity index (χ3v) is 5.02. The average molecular weight is 514 g/mol. The number of halogens is 1. The van der Waals surface area contributed by atoms with Gasteiger partial charge in [-0.2, -0.15) is 5.10 Å². The van der Waals surface area contributed by atoms with Gasteiger partial charge in [-0.1, -0.05) is 24.3 Å². The zero-order valence-corrected chi connectivity index (χ0v) is 19.2. The molecule has 3 rings (SSSR count). The van der Waals surface area contributed by atoms with E-state index in [-0.39, 0.29) is 36.0 Å². The van der Waals surface area contributed by atoms with Crippen LogP contribution in [0.2, 0.25) is 0 Å². The van der Waals surface area contributed by atoms with E-state index in [1.165, 1.54) is 5.56 Å². The molecule has 0 aliphatic carbocycles. The number of nitrogens with one attached hydrogen (secondary N) is 2. The van der Waals surface area contributed by atoms with Gasteiger partial charge in [0, 0.05) is 31.7 Å². The van der Waals surface area contributed by atoms with E-state index in [2.05, 4.69) is 45.8 Å². The van der Waals surface area contributed by atoms with Crippen LogP contribution in [0.3, 0.4) is 0 Å². The molecule has 1 aromatic carbocycles. The molecular formula is C20H31IN6O2. The van der Waals surface area contributed by atoms with Gasteiger partial charge >= 0.3 is 0 Å². The third-order valence-electron chi connectivity index (χ3n) is 5.02. The van der Waals surface area contributed by atoms with E-state index in [1.807, 2.05) is 6.07 Å². The molecule has 0 bridgehead atoms. The monoisotopic (exact) mass is 514 g/mol. The molecule has 2 heterocycles. The third kappa shape index (κ3) is 7.23. The number of rotatable bonds is 9. The highest BCUT2D eigenvalue weighted by molar-refractivity contribution is 14.0. The number of aromatic nitrogens is 3. The maximum absolute atomic E-state index is 9.39. The van der Waals surface area contributed by atoms with E-state index in [1.54, 1.807) is 17.3 Å². The molecule has 29 heavy (non-hydrogen) atoms. The van der Waals surface area contributed by atoms with Crippen molar-refractivity contribution in [1.29, 1.82) is 0 Å².